The fourth-order valence-corrected chi connectivity index (χ4v) is 2.32. The summed E-state index contributed by atoms with van der Waals surface area (Å²) in [5.41, 5.74) is 3.06. The summed E-state index contributed by atoms with van der Waals surface area (Å²) in [5, 5.41) is 3.40. The SMILES string of the molecule is Cc1ncsc1CCOCCCCNC(C)C. The van der Waals surface area contributed by atoms with Crippen LogP contribution in [0.5, 0.6) is 0 Å². The highest BCUT2D eigenvalue weighted by Gasteiger charge is 2.00. The van der Waals surface area contributed by atoms with Gasteiger partial charge in [0.1, 0.15) is 0 Å². The summed E-state index contributed by atoms with van der Waals surface area (Å²) in [6.07, 6.45) is 3.33. The molecule has 0 fully saturated rings. The lowest BCUT2D eigenvalue weighted by Gasteiger charge is -2.07. The Labute approximate surface area is 109 Å². The second-order valence-corrected chi connectivity index (χ2v) is 5.48. The summed E-state index contributed by atoms with van der Waals surface area (Å²) in [4.78, 5) is 5.58. The van der Waals surface area contributed by atoms with E-state index in [1.165, 1.54) is 11.3 Å². The molecule has 0 aliphatic heterocycles. The van der Waals surface area contributed by atoms with Gasteiger partial charge in [-0.3, -0.25) is 0 Å². The number of nitrogens with one attached hydrogen (secondary N) is 1. The van der Waals surface area contributed by atoms with Crippen LogP contribution < -0.4 is 5.32 Å². The van der Waals surface area contributed by atoms with Crippen molar-refractivity contribution in [2.24, 2.45) is 0 Å². The van der Waals surface area contributed by atoms with Crippen molar-refractivity contribution in [2.45, 2.75) is 46.1 Å². The fourth-order valence-electron chi connectivity index (χ4n) is 1.55. The lowest BCUT2D eigenvalue weighted by Crippen LogP contribution is -2.23. The molecule has 0 unspecified atom stereocenters. The minimum Gasteiger partial charge on any atom is -0.381 e. The van der Waals surface area contributed by atoms with Gasteiger partial charge in [-0.05, 0) is 26.3 Å². The molecule has 1 aromatic heterocycles. The molecule has 0 spiro atoms. The Morgan fingerprint density at radius 2 is 2.18 bits per heavy atom. The Kier molecular flexibility index (Phi) is 7.40. The van der Waals surface area contributed by atoms with Gasteiger partial charge in [0.2, 0.25) is 0 Å². The molecule has 17 heavy (non-hydrogen) atoms. The monoisotopic (exact) mass is 256 g/mol. The van der Waals surface area contributed by atoms with Crippen molar-refractivity contribution in [3.63, 3.8) is 0 Å². The molecule has 1 aromatic rings. The number of aromatic nitrogens is 1. The number of hydrogen-bond acceptors (Lipinski definition) is 4. The number of aryl methyl sites for hydroxylation is 1. The van der Waals surface area contributed by atoms with Gasteiger partial charge in [-0.2, -0.15) is 0 Å². The van der Waals surface area contributed by atoms with Crippen LogP contribution in [0.15, 0.2) is 5.51 Å². The second-order valence-electron chi connectivity index (χ2n) is 4.54. The van der Waals surface area contributed by atoms with Crippen LogP contribution in [-0.2, 0) is 11.2 Å². The first kappa shape index (κ1) is 14.6. The molecule has 1 rings (SSSR count). The van der Waals surface area contributed by atoms with Crippen LogP contribution in [-0.4, -0.2) is 30.8 Å². The standard InChI is InChI=1S/C13H24N2OS/c1-11(2)14-7-4-5-8-16-9-6-13-12(3)15-10-17-13/h10-11,14H,4-9H2,1-3H3. The van der Waals surface area contributed by atoms with Crippen LogP contribution in [0.4, 0.5) is 0 Å². The first-order chi connectivity index (χ1) is 8.20. The molecule has 1 N–H and O–H groups in total. The van der Waals surface area contributed by atoms with Crippen molar-refractivity contribution < 1.29 is 4.74 Å². The molecule has 0 atom stereocenters. The van der Waals surface area contributed by atoms with E-state index in [0.717, 1.165) is 38.3 Å². The normalized spacial score (nSPS) is 11.3. The Morgan fingerprint density at radius 1 is 1.35 bits per heavy atom. The lowest BCUT2D eigenvalue weighted by molar-refractivity contribution is 0.133. The number of thiazole rings is 1. The van der Waals surface area contributed by atoms with Gasteiger partial charge in [0, 0.05) is 23.9 Å². The highest BCUT2D eigenvalue weighted by atomic mass is 32.1. The zero-order chi connectivity index (χ0) is 12.5. The highest BCUT2D eigenvalue weighted by molar-refractivity contribution is 7.09. The highest BCUT2D eigenvalue weighted by Crippen LogP contribution is 2.12. The Hall–Kier alpha value is -0.450. The quantitative estimate of drug-likeness (QED) is 0.690. The van der Waals surface area contributed by atoms with Crippen molar-refractivity contribution in [3.8, 4) is 0 Å². The minimum atomic E-state index is 0.588. The molecular formula is C13H24N2OS. The summed E-state index contributed by atoms with van der Waals surface area (Å²) >= 11 is 1.72. The van der Waals surface area contributed by atoms with E-state index in [0.29, 0.717) is 6.04 Å². The van der Waals surface area contributed by atoms with Crippen LogP contribution in [0.25, 0.3) is 0 Å². The summed E-state index contributed by atoms with van der Waals surface area (Å²) in [6.45, 7) is 9.19. The summed E-state index contributed by atoms with van der Waals surface area (Å²) < 4.78 is 5.62. The fraction of sp³-hybridized carbons (Fsp3) is 0.769. The van der Waals surface area contributed by atoms with E-state index in [-0.39, 0.29) is 0 Å². The van der Waals surface area contributed by atoms with Gasteiger partial charge < -0.3 is 10.1 Å². The van der Waals surface area contributed by atoms with Gasteiger partial charge >= 0.3 is 0 Å². The third-order valence-electron chi connectivity index (χ3n) is 2.59. The molecule has 98 valence electrons. The number of unbranched alkanes of at least 4 members (excludes halogenated alkanes) is 1. The number of ether oxygens (including phenoxy) is 1. The van der Waals surface area contributed by atoms with Gasteiger partial charge in [-0.25, -0.2) is 4.98 Å². The van der Waals surface area contributed by atoms with E-state index in [4.69, 9.17) is 4.74 Å². The van der Waals surface area contributed by atoms with Crippen LogP contribution in [0.1, 0.15) is 37.3 Å². The zero-order valence-electron chi connectivity index (χ0n) is 11.2. The average molecular weight is 256 g/mol. The molecule has 0 saturated heterocycles. The average Bonchev–Trinajstić information content (AvgIpc) is 2.68. The second kappa shape index (κ2) is 8.61. The van der Waals surface area contributed by atoms with Crippen molar-refractivity contribution in [3.05, 3.63) is 16.1 Å². The minimum absolute atomic E-state index is 0.588. The molecule has 0 amide bonds. The number of rotatable bonds is 9. The predicted octanol–water partition coefficient (Wildman–Crippen LogP) is 2.79. The van der Waals surface area contributed by atoms with E-state index in [9.17, 15) is 0 Å². The third-order valence-corrected chi connectivity index (χ3v) is 3.58. The molecule has 3 nitrogen and oxygen atoms in total. The maximum Gasteiger partial charge on any atom is 0.0797 e. The molecule has 0 aliphatic carbocycles. The molecular weight excluding hydrogens is 232 g/mol. The third kappa shape index (κ3) is 6.76. The molecule has 4 heteroatoms. The summed E-state index contributed by atoms with van der Waals surface area (Å²) in [7, 11) is 0. The van der Waals surface area contributed by atoms with Crippen molar-refractivity contribution in [1.82, 2.24) is 10.3 Å². The molecule has 0 saturated carbocycles. The van der Waals surface area contributed by atoms with E-state index >= 15 is 0 Å². The Balaban J connectivity index is 1.90. The topological polar surface area (TPSA) is 34.1 Å². The Bertz CT molecular complexity index is 299. The van der Waals surface area contributed by atoms with Crippen LogP contribution in [0.3, 0.4) is 0 Å². The maximum absolute atomic E-state index is 5.62. The smallest absolute Gasteiger partial charge is 0.0797 e. The summed E-state index contributed by atoms with van der Waals surface area (Å²) in [6, 6.07) is 0.588. The van der Waals surface area contributed by atoms with Crippen LogP contribution in [0, 0.1) is 6.92 Å². The van der Waals surface area contributed by atoms with Crippen LogP contribution in [0.2, 0.25) is 0 Å². The molecule has 0 aromatic carbocycles. The molecule has 1 heterocycles. The largest absolute Gasteiger partial charge is 0.381 e. The van der Waals surface area contributed by atoms with Gasteiger partial charge in [0.25, 0.3) is 0 Å². The van der Waals surface area contributed by atoms with E-state index in [2.05, 4.69) is 31.1 Å². The van der Waals surface area contributed by atoms with E-state index in [1.807, 2.05) is 5.51 Å². The van der Waals surface area contributed by atoms with Crippen molar-refractivity contribution >= 4 is 11.3 Å². The van der Waals surface area contributed by atoms with Crippen molar-refractivity contribution in [2.75, 3.05) is 19.8 Å². The first-order valence-corrected chi connectivity index (χ1v) is 7.28. The predicted molar refractivity (Wildman–Crippen MR) is 73.7 cm³/mol. The maximum atomic E-state index is 5.62. The van der Waals surface area contributed by atoms with Gasteiger partial charge in [-0.1, -0.05) is 13.8 Å². The molecule has 0 radical (unpaired) electrons. The van der Waals surface area contributed by atoms with E-state index in [1.54, 1.807) is 11.3 Å². The van der Waals surface area contributed by atoms with Gasteiger partial charge in [0.15, 0.2) is 0 Å². The zero-order valence-corrected chi connectivity index (χ0v) is 12.0. The van der Waals surface area contributed by atoms with Crippen LogP contribution >= 0.6 is 11.3 Å². The molecule has 0 bridgehead atoms. The Morgan fingerprint density at radius 3 is 2.82 bits per heavy atom. The molecule has 0 aliphatic rings. The first-order valence-electron chi connectivity index (χ1n) is 6.40. The number of hydrogen-bond donors (Lipinski definition) is 1. The van der Waals surface area contributed by atoms with E-state index < -0.39 is 0 Å². The number of nitrogens with zero attached hydrogens (tertiary/aromatic N) is 1. The lowest BCUT2D eigenvalue weighted by atomic mass is 10.3. The summed E-state index contributed by atoms with van der Waals surface area (Å²) in [5.74, 6) is 0. The van der Waals surface area contributed by atoms with Gasteiger partial charge in [-0.15, -0.1) is 11.3 Å². The van der Waals surface area contributed by atoms with Gasteiger partial charge in [0.05, 0.1) is 17.8 Å². The van der Waals surface area contributed by atoms with Crippen molar-refractivity contribution in [1.29, 1.82) is 0 Å².